The molecule has 1 aromatic heterocycles. The van der Waals surface area contributed by atoms with Crippen molar-refractivity contribution in [2.75, 3.05) is 6.54 Å². The van der Waals surface area contributed by atoms with Crippen LogP contribution in [0.25, 0.3) is 0 Å². The quantitative estimate of drug-likeness (QED) is 0.689. The number of halogens is 1. The van der Waals surface area contributed by atoms with Gasteiger partial charge in [0.05, 0.1) is 6.54 Å². The molecule has 5 heteroatoms. The highest BCUT2D eigenvalue weighted by atomic mass is 32.2. The van der Waals surface area contributed by atoms with Crippen LogP contribution in [-0.2, 0) is 12.8 Å². The van der Waals surface area contributed by atoms with Crippen molar-refractivity contribution in [2.45, 2.75) is 10.9 Å². The molecular weight excluding hydrogens is 261 g/mol. The lowest BCUT2D eigenvalue weighted by Crippen LogP contribution is -1.94. The summed E-state index contributed by atoms with van der Waals surface area (Å²) in [5, 5.41) is 0.902. The molecule has 0 saturated carbocycles. The maximum atomic E-state index is 13.5. The molecule has 0 aliphatic rings. The fourth-order valence-electron chi connectivity index (χ4n) is 1.60. The van der Waals surface area contributed by atoms with Crippen molar-refractivity contribution in [3.63, 3.8) is 0 Å². The second-order valence-electron chi connectivity index (χ2n) is 3.96. The Kier molecular flexibility index (Phi) is 4.61. The maximum Gasteiger partial charge on any atom is 0.167 e. The Morgan fingerprint density at radius 2 is 2.26 bits per heavy atom. The Hall–Kier alpha value is -1.77. The molecule has 3 nitrogen and oxygen atoms in total. The number of aromatic nitrogens is 2. The molecule has 98 valence electrons. The van der Waals surface area contributed by atoms with Gasteiger partial charge in [0, 0.05) is 30.8 Å². The molecule has 0 radical (unpaired) electrons. The first-order valence-corrected chi connectivity index (χ1v) is 6.76. The Balaban J connectivity index is 2.12. The number of benzene rings is 1. The van der Waals surface area contributed by atoms with E-state index in [-0.39, 0.29) is 12.4 Å². The van der Waals surface area contributed by atoms with Crippen molar-refractivity contribution in [3.8, 4) is 11.8 Å². The van der Waals surface area contributed by atoms with Gasteiger partial charge in [-0.1, -0.05) is 23.6 Å². The average molecular weight is 275 g/mol. The summed E-state index contributed by atoms with van der Waals surface area (Å²) in [4.78, 5) is 4.21. The van der Waals surface area contributed by atoms with Crippen LogP contribution in [0.2, 0.25) is 0 Å². The third-order valence-electron chi connectivity index (χ3n) is 2.44. The number of nitrogens with two attached hydrogens (primary N) is 1. The fourth-order valence-corrected chi connectivity index (χ4v) is 2.46. The predicted octanol–water partition coefficient (Wildman–Crippen LogP) is 2.16. The molecule has 0 aliphatic heterocycles. The van der Waals surface area contributed by atoms with Crippen LogP contribution in [0.3, 0.4) is 0 Å². The monoisotopic (exact) mass is 275 g/mol. The number of rotatable bonds is 3. The van der Waals surface area contributed by atoms with E-state index >= 15 is 0 Å². The molecule has 19 heavy (non-hydrogen) atoms. The molecule has 0 spiro atoms. The molecule has 0 bridgehead atoms. The van der Waals surface area contributed by atoms with E-state index in [9.17, 15) is 4.39 Å². The third kappa shape index (κ3) is 3.85. The number of nitrogens with zero attached hydrogens (tertiary/aromatic N) is 2. The summed E-state index contributed by atoms with van der Waals surface area (Å²) in [5.41, 5.74) is 6.85. The minimum absolute atomic E-state index is 0.272. The number of hydrogen-bond acceptors (Lipinski definition) is 3. The van der Waals surface area contributed by atoms with Crippen molar-refractivity contribution in [1.82, 2.24) is 9.55 Å². The van der Waals surface area contributed by atoms with Crippen LogP contribution in [0.15, 0.2) is 35.7 Å². The van der Waals surface area contributed by atoms with Crippen LogP contribution >= 0.6 is 11.8 Å². The molecular formula is C14H14FN3S. The van der Waals surface area contributed by atoms with Crippen LogP contribution in [0.4, 0.5) is 4.39 Å². The van der Waals surface area contributed by atoms with E-state index in [0.717, 1.165) is 10.7 Å². The van der Waals surface area contributed by atoms with Gasteiger partial charge in [-0.05, 0) is 23.8 Å². The van der Waals surface area contributed by atoms with Gasteiger partial charge < -0.3 is 10.3 Å². The predicted molar refractivity (Wildman–Crippen MR) is 75.1 cm³/mol. The lowest BCUT2D eigenvalue weighted by molar-refractivity contribution is 0.626. The molecule has 1 aromatic carbocycles. The molecule has 0 saturated heterocycles. The van der Waals surface area contributed by atoms with Gasteiger partial charge in [0.15, 0.2) is 5.16 Å². The highest BCUT2D eigenvalue weighted by molar-refractivity contribution is 7.98. The zero-order chi connectivity index (χ0) is 13.7. The van der Waals surface area contributed by atoms with Crippen molar-refractivity contribution < 1.29 is 4.39 Å². The molecule has 0 unspecified atom stereocenters. The molecule has 0 fully saturated rings. The van der Waals surface area contributed by atoms with Crippen molar-refractivity contribution in [2.24, 2.45) is 12.8 Å². The summed E-state index contributed by atoms with van der Waals surface area (Å²) in [5.74, 6) is 5.94. The van der Waals surface area contributed by atoms with Crippen LogP contribution < -0.4 is 5.73 Å². The van der Waals surface area contributed by atoms with E-state index in [1.165, 1.54) is 12.1 Å². The minimum atomic E-state index is -0.278. The summed E-state index contributed by atoms with van der Waals surface area (Å²) in [6, 6.07) is 4.81. The van der Waals surface area contributed by atoms with E-state index in [1.54, 1.807) is 18.0 Å². The number of imidazole rings is 1. The molecule has 2 aromatic rings. The molecule has 1 heterocycles. The van der Waals surface area contributed by atoms with Gasteiger partial charge in [0.25, 0.3) is 0 Å². The normalized spacial score (nSPS) is 10.1. The Bertz CT molecular complexity index is 625. The summed E-state index contributed by atoms with van der Waals surface area (Å²) < 4.78 is 15.4. The van der Waals surface area contributed by atoms with E-state index in [1.807, 2.05) is 23.9 Å². The first-order valence-electron chi connectivity index (χ1n) is 5.77. The summed E-state index contributed by atoms with van der Waals surface area (Å²) >= 11 is 1.56. The van der Waals surface area contributed by atoms with E-state index < -0.39 is 0 Å². The summed E-state index contributed by atoms with van der Waals surface area (Å²) in [7, 11) is 1.93. The van der Waals surface area contributed by atoms with E-state index in [2.05, 4.69) is 16.8 Å². The van der Waals surface area contributed by atoms with Gasteiger partial charge in [-0.3, -0.25) is 0 Å². The third-order valence-corrected chi connectivity index (χ3v) is 3.57. The van der Waals surface area contributed by atoms with Gasteiger partial charge in [0.1, 0.15) is 5.82 Å². The fraction of sp³-hybridized carbons (Fsp3) is 0.214. The van der Waals surface area contributed by atoms with Gasteiger partial charge >= 0.3 is 0 Å². The van der Waals surface area contributed by atoms with Gasteiger partial charge in [-0.25, -0.2) is 9.37 Å². The lowest BCUT2D eigenvalue weighted by Gasteiger charge is -2.03. The molecule has 0 atom stereocenters. The molecule has 0 aliphatic carbocycles. The minimum Gasteiger partial charge on any atom is -0.329 e. The molecule has 2 rings (SSSR count). The van der Waals surface area contributed by atoms with Gasteiger partial charge in [-0.15, -0.1) is 0 Å². The Labute approximate surface area is 116 Å². The lowest BCUT2D eigenvalue weighted by atomic mass is 10.1. The Morgan fingerprint density at radius 3 is 2.95 bits per heavy atom. The zero-order valence-electron chi connectivity index (χ0n) is 10.6. The van der Waals surface area contributed by atoms with Crippen molar-refractivity contribution >= 4 is 11.8 Å². The summed E-state index contributed by atoms with van der Waals surface area (Å²) in [6.45, 7) is 0.272. The SMILES string of the molecule is Cn1ccnc1SCc1cc(F)cc(C#CCN)c1. The topological polar surface area (TPSA) is 43.8 Å². The summed E-state index contributed by atoms with van der Waals surface area (Å²) in [6.07, 6.45) is 3.62. The van der Waals surface area contributed by atoms with Crippen LogP contribution in [0.1, 0.15) is 11.1 Å². The van der Waals surface area contributed by atoms with Crippen LogP contribution in [0, 0.1) is 17.7 Å². The highest BCUT2D eigenvalue weighted by Gasteiger charge is 2.03. The standard InChI is InChI=1S/C14H14FN3S/c1-18-6-5-17-14(18)19-10-12-7-11(3-2-4-16)8-13(15)9-12/h5-9H,4,10,16H2,1H3. The highest BCUT2D eigenvalue weighted by Crippen LogP contribution is 2.21. The van der Waals surface area contributed by atoms with Crippen molar-refractivity contribution in [1.29, 1.82) is 0 Å². The van der Waals surface area contributed by atoms with E-state index in [4.69, 9.17) is 5.73 Å². The van der Waals surface area contributed by atoms with Crippen LogP contribution in [0.5, 0.6) is 0 Å². The van der Waals surface area contributed by atoms with Gasteiger partial charge in [0.2, 0.25) is 0 Å². The molecule has 0 amide bonds. The number of aryl methyl sites for hydroxylation is 1. The molecule has 2 N–H and O–H groups in total. The largest absolute Gasteiger partial charge is 0.329 e. The zero-order valence-corrected chi connectivity index (χ0v) is 11.4. The number of thioether (sulfide) groups is 1. The maximum absolute atomic E-state index is 13.5. The average Bonchev–Trinajstić information content (AvgIpc) is 2.79. The first-order chi connectivity index (χ1) is 9.19. The second kappa shape index (κ2) is 6.41. The smallest absolute Gasteiger partial charge is 0.167 e. The Morgan fingerprint density at radius 1 is 1.42 bits per heavy atom. The van der Waals surface area contributed by atoms with Crippen molar-refractivity contribution in [3.05, 3.63) is 47.5 Å². The van der Waals surface area contributed by atoms with Crippen LogP contribution in [-0.4, -0.2) is 16.1 Å². The van der Waals surface area contributed by atoms with E-state index in [0.29, 0.717) is 11.3 Å². The van der Waals surface area contributed by atoms with Gasteiger partial charge in [-0.2, -0.15) is 0 Å². The first kappa shape index (κ1) is 13.7. The second-order valence-corrected chi connectivity index (χ2v) is 4.91. The number of hydrogen-bond donors (Lipinski definition) is 1.